The smallest absolute Gasteiger partial charge is 0.251 e. The maximum atomic E-state index is 12.2. The van der Waals surface area contributed by atoms with Gasteiger partial charge in [0.05, 0.1) is 12.2 Å². The van der Waals surface area contributed by atoms with E-state index in [9.17, 15) is 4.79 Å². The Hall–Kier alpha value is -3.61. The van der Waals surface area contributed by atoms with Crippen LogP contribution in [-0.2, 0) is 6.54 Å². The Morgan fingerprint density at radius 1 is 1.00 bits per heavy atom. The average Bonchev–Trinajstić information content (AvgIpc) is 3.22. The van der Waals surface area contributed by atoms with Crippen LogP contribution in [0, 0.1) is 13.8 Å². The van der Waals surface area contributed by atoms with Crippen LogP contribution >= 0.6 is 0 Å². The van der Waals surface area contributed by atoms with Crippen LogP contribution in [0.2, 0.25) is 0 Å². The Balaban J connectivity index is 1.42. The lowest BCUT2D eigenvalue weighted by Crippen LogP contribution is -2.41. The highest BCUT2D eigenvalue weighted by Crippen LogP contribution is 2.18. The molecular formula is C23H27N5O2. The van der Waals surface area contributed by atoms with Crippen molar-refractivity contribution in [1.29, 1.82) is 0 Å². The number of carbonyl (C=O) groups is 1. The van der Waals surface area contributed by atoms with Gasteiger partial charge in [-0.05, 0) is 38.1 Å². The molecule has 7 nitrogen and oxygen atoms in total. The number of nitrogens with one attached hydrogen (secondary N) is 3. The first kappa shape index (κ1) is 21.1. The number of carbonyl (C=O) groups excluding carboxylic acids is 1. The van der Waals surface area contributed by atoms with E-state index >= 15 is 0 Å². The van der Waals surface area contributed by atoms with Crippen LogP contribution in [0.3, 0.4) is 0 Å². The van der Waals surface area contributed by atoms with Gasteiger partial charge in [-0.15, -0.1) is 0 Å². The molecule has 0 atom stereocenters. The number of guanidine groups is 1. The van der Waals surface area contributed by atoms with Gasteiger partial charge >= 0.3 is 0 Å². The molecule has 0 fully saturated rings. The highest BCUT2D eigenvalue weighted by molar-refractivity contribution is 5.94. The molecule has 3 N–H and O–H groups in total. The summed E-state index contributed by atoms with van der Waals surface area (Å²) in [6.07, 6.45) is 1.64. The summed E-state index contributed by atoms with van der Waals surface area (Å²) in [5, 5.41) is 9.25. The van der Waals surface area contributed by atoms with E-state index in [0.29, 0.717) is 37.0 Å². The summed E-state index contributed by atoms with van der Waals surface area (Å²) in [6.45, 7) is 5.51. The molecule has 30 heavy (non-hydrogen) atoms. The number of benzene rings is 2. The quantitative estimate of drug-likeness (QED) is 0.319. The van der Waals surface area contributed by atoms with Gasteiger partial charge in [0, 0.05) is 31.3 Å². The summed E-state index contributed by atoms with van der Waals surface area (Å²) < 4.78 is 5.57. The summed E-state index contributed by atoms with van der Waals surface area (Å²) in [4.78, 5) is 20.9. The van der Waals surface area contributed by atoms with E-state index in [2.05, 4.69) is 25.9 Å². The lowest BCUT2D eigenvalue weighted by molar-refractivity contribution is 0.0954. The van der Waals surface area contributed by atoms with Crippen molar-refractivity contribution in [2.45, 2.75) is 20.4 Å². The van der Waals surface area contributed by atoms with Crippen LogP contribution in [0.1, 0.15) is 27.2 Å². The van der Waals surface area contributed by atoms with E-state index in [1.54, 1.807) is 19.4 Å². The first-order valence-corrected chi connectivity index (χ1v) is 9.86. The highest BCUT2D eigenvalue weighted by Gasteiger charge is 2.08. The standard InChI is InChI=1S/C23H27N5O2/c1-16-7-9-18(10-8-16)22-28-20(15-30-22)14-27-23(24-3)26-12-11-25-21(29)19-6-4-5-17(2)13-19/h4-10,13,15H,11-12,14H2,1-3H3,(H,25,29)(H2,24,26,27). The van der Waals surface area contributed by atoms with Gasteiger partial charge in [-0.1, -0.05) is 35.4 Å². The highest BCUT2D eigenvalue weighted by atomic mass is 16.3. The number of aryl methyl sites for hydroxylation is 2. The molecular weight excluding hydrogens is 378 g/mol. The molecule has 0 saturated heterocycles. The minimum Gasteiger partial charge on any atom is -0.444 e. The Morgan fingerprint density at radius 3 is 2.50 bits per heavy atom. The lowest BCUT2D eigenvalue weighted by Gasteiger charge is -2.11. The summed E-state index contributed by atoms with van der Waals surface area (Å²) in [7, 11) is 1.70. The van der Waals surface area contributed by atoms with Crippen molar-refractivity contribution in [2.75, 3.05) is 20.1 Å². The van der Waals surface area contributed by atoms with Crippen molar-refractivity contribution in [1.82, 2.24) is 20.9 Å². The molecule has 0 radical (unpaired) electrons. The molecule has 0 spiro atoms. The van der Waals surface area contributed by atoms with Gasteiger partial charge in [0.2, 0.25) is 5.89 Å². The van der Waals surface area contributed by atoms with Gasteiger partial charge in [-0.2, -0.15) is 0 Å². The Morgan fingerprint density at radius 2 is 1.77 bits per heavy atom. The second-order valence-electron chi connectivity index (χ2n) is 6.99. The van der Waals surface area contributed by atoms with Gasteiger partial charge in [0.15, 0.2) is 5.96 Å². The second kappa shape index (κ2) is 10.2. The second-order valence-corrected chi connectivity index (χ2v) is 6.99. The Bertz CT molecular complexity index is 1010. The number of nitrogens with zero attached hydrogens (tertiary/aromatic N) is 2. The zero-order chi connectivity index (χ0) is 21.3. The average molecular weight is 406 g/mol. The maximum Gasteiger partial charge on any atom is 0.251 e. The van der Waals surface area contributed by atoms with Gasteiger partial charge < -0.3 is 20.4 Å². The molecule has 0 saturated carbocycles. The molecule has 1 heterocycles. The van der Waals surface area contributed by atoms with Crippen molar-refractivity contribution >= 4 is 11.9 Å². The van der Waals surface area contributed by atoms with Crippen LogP contribution in [0.5, 0.6) is 0 Å². The third-order valence-corrected chi connectivity index (χ3v) is 4.49. The summed E-state index contributed by atoms with van der Waals surface area (Å²) in [5.74, 6) is 1.13. The van der Waals surface area contributed by atoms with Crippen molar-refractivity contribution in [3.63, 3.8) is 0 Å². The molecule has 0 aliphatic carbocycles. The minimum atomic E-state index is -0.0883. The zero-order valence-electron chi connectivity index (χ0n) is 17.5. The van der Waals surface area contributed by atoms with E-state index < -0.39 is 0 Å². The number of rotatable bonds is 7. The minimum absolute atomic E-state index is 0.0883. The fourth-order valence-electron chi connectivity index (χ4n) is 2.86. The summed E-state index contributed by atoms with van der Waals surface area (Å²) in [5.41, 5.74) is 4.63. The van der Waals surface area contributed by atoms with E-state index in [-0.39, 0.29) is 5.91 Å². The van der Waals surface area contributed by atoms with E-state index in [4.69, 9.17) is 4.42 Å². The lowest BCUT2D eigenvalue weighted by atomic mass is 10.1. The first-order valence-electron chi connectivity index (χ1n) is 9.86. The third-order valence-electron chi connectivity index (χ3n) is 4.49. The van der Waals surface area contributed by atoms with E-state index in [1.807, 2.05) is 56.3 Å². The van der Waals surface area contributed by atoms with Crippen LogP contribution in [0.25, 0.3) is 11.5 Å². The summed E-state index contributed by atoms with van der Waals surface area (Å²) in [6, 6.07) is 15.6. The predicted octanol–water partition coefficient (Wildman–Crippen LogP) is 3.05. The fraction of sp³-hybridized carbons (Fsp3) is 0.261. The Kier molecular flexibility index (Phi) is 7.21. The third kappa shape index (κ3) is 5.94. The maximum absolute atomic E-state index is 12.2. The molecule has 3 aromatic rings. The van der Waals surface area contributed by atoms with Gasteiger partial charge in [0.25, 0.3) is 5.91 Å². The molecule has 0 unspecified atom stereocenters. The topological polar surface area (TPSA) is 91.5 Å². The van der Waals surface area contributed by atoms with Crippen molar-refractivity contribution in [3.8, 4) is 11.5 Å². The molecule has 1 aromatic heterocycles. The number of hydrogen-bond donors (Lipinski definition) is 3. The number of aliphatic imine (C=N–C) groups is 1. The number of amides is 1. The van der Waals surface area contributed by atoms with Crippen molar-refractivity contribution in [2.24, 2.45) is 4.99 Å². The molecule has 0 aliphatic rings. The van der Waals surface area contributed by atoms with Crippen LogP contribution < -0.4 is 16.0 Å². The normalized spacial score (nSPS) is 11.2. The largest absolute Gasteiger partial charge is 0.444 e. The number of oxazole rings is 1. The molecule has 3 rings (SSSR count). The molecule has 2 aromatic carbocycles. The molecule has 156 valence electrons. The Labute approximate surface area is 176 Å². The van der Waals surface area contributed by atoms with E-state index in [1.165, 1.54) is 5.56 Å². The molecule has 7 heteroatoms. The first-order chi connectivity index (χ1) is 14.5. The van der Waals surface area contributed by atoms with Gasteiger partial charge in [0.1, 0.15) is 6.26 Å². The van der Waals surface area contributed by atoms with Crippen LogP contribution in [-0.4, -0.2) is 37.0 Å². The SMILES string of the molecule is CN=C(NCCNC(=O)c1cccc(C)c1)NCc1coc(-c2ccc(C)cc2)n1. The van der Waals surface area contributed by atoms with E-state index in [0.717, 1.165) is 16.8 Å². The number of aromatic nitrogens is 1. The van der Waals surface area contributed by atoms with Crippen LogP contribution in [0.15, 0.2) is 64.2 Å². The van der Waals surface area contributed by atoms with Crippen LogP contribution in [0.4, 0.5) is 0 Å². The summed E-state index contributed by atoms with van der Waals surface area (Å²) >= 11 is 0. The van der Waals surface area contributed by atoms with Crippen molar-refractivity contribution < 1.29 is 9.21 Å². The van der Waals surface area contributed by atoms with Gasteiger partial charge in [-0.25, -0.2) is 4.98 Å². The van der Waals surface area contributed by atoms with Gasteiger partial charge in [-0.3, -0.25) is 9.79 Å². The fourth-order valence-corrected chi connectivity index (χ4v) is 2.86. The monoisotopic (exact) mass is 405 g/mol. The zero-order valence-corrected chi connectivity index (χ0v) is 17.5. The predicted molar refractivity (Wildman–Crippen MR) is 118 cm³/mol. The molecule has 0 aliphatic heterocycles. The number of hydrogen-bond acceptors (Lipinski definition) is 4. The van der Waals surface area contributed by atoms with Crippen molar-refractivity contribution in [3.05, 3.63) is 77.2 Å². The molecule has 0 bridgehead atoms. The molecule has 1 amide bonds.